The van der Waals surface area contributed by atoms with E-state index in [4.69, 9.17) is 4.74 Å². The second-order valence-corrected chi connectivity index (χ2v) is 5.98. The standard InChI is InChI=1S/C13H17BrF3NO2/c1-12(2,7-18-3)8-19-9-4-5-11(10(14)6-9)20-13(15,16)17/h4-6,18H,7-8H2,1-3H3. The molecule has 0 spiro atoms. The van der Waals surface area contributed by atoms with E-state index in [1.807, 2.05) is 20.9 Å². The molecule has 0 aliphatic carbocycles. The number of alkyl halides is 3. The second kappa shape index (κ2) is 6.67. The summed E-state index contributed by atoms with van der Waals surface area (Å²) >= 11 is 3.03. The molecule has 0 aliphatic rings. The predicted octanol–water partition coefficient (Wildman–Crippen LogP) is 3.97. The third-order valence-electron chi connectivity index (χ3n) is 2.41. The van der Waals surface area contributed by atoms with E-state index in [9.17, 15) is 13.2 Å². The molecule has 3 nitrogen and oxygen atoms in total. The molecule has 20 heavy (non-hydrogen) atoms. The lowest BCUT2D eigenvalue weighted by molar-refractivity contribution is -0.274. The monoisotopic (exact) mass is 355 g/mol. The van der Waals surface area contributed by atoms with E-state index < -0.39 is 6.36 Å². The summed E-state index contributed by atoms with van der Waals surface area (Å²) in [6, 6.07) is 4.12. The van der Waals surface area contributed by atoms with Gasteiger partial charge in [0.2, 0.25) is 0 Å². The Kier molecular flexibility index (Phi) is 5.70. The molecule has 1 aromatic carbocycles. The first-order chi connectivity index (χ1) is 9.13. The Balaban J connectivity index is 2.68. The molecule has 7 heteroatoms. The number of rotatable bonds is 6. The number of nitrogens with one attached hydrogen (secondary N) is 1. The van der Waals surface area contributed by atoms with E-state index in [-0.39, 0.29) is 15.6 Å². The summed E-state index contributed by atoms with van der Waals surface area (Å²) in [4.78, 5) is 0. The number of ether oxygens (including phenoxy) is 2. The summed E-state index contributed by atoms with van der Waals surface area (Å²) in [5, 5.41) is 3.06. The van der Waals surface area contributed by atoms with E-state index in [1.165, 1.54) is 18.2 Å². The van der Waals surface area contributed by atoms with Crippen LogP contribution in [0.5, 0.6) is 11.5 Å². The van der Waals surface area contributed by atoms with Crippen LogP contribution in [0.4, 0.5) is 13.2 Å². The van der Waals surface area contributed by atoms with Gasteiger partial charge in [0, 0.05) is 12.0 Å². The Morgan fingerprint density at radius 2 is 1.90 bits per heavy atom. The second-order valence-electron chi connectivity index (χ2n) is 5.12. The van der Waals surface area contributed by atoms with Crippen molar-refractivity contribution in [3.63, 3.8) is 0 Å². The number of benzene rings is 1. The summed E-state index contributed by atoms with van der Waals surface area (Å²) in [6.45, 7) is 5.27. The van der Waals surface area contributed by atoms with Crippen LogP contribution < -0.4 is 14.8 Å². The molecule has 0 fully saturated rings. The van der Waals surface area contributed by atoms with Gasteiger partial charge in [-0.2, -0.15) is 0 Å². The molecule has 0 bridgehead atoms. The quantitative estimate of drug-likeness (QED) is 0.837. The van der Waals surface area contributed by atoms with Crippen LogP contribution in [0.3, 0.4) is 0 Å². The molecule has 0 amide bonds. The van der Waals surface area contributed by atoms with Crippen molar-refractivity contribution in [1.29, 1.82) is 0 Å². The highest BCUT2D eigenvalue weighted by Crippen LogP contribution is 2.33. The summed E-state index contributed by atoms with van der Waals surface area (Å²) in [5.41, 5.74) is -0.0810. The van der Waals surface area contributed by atoms with Crippen molar-refractivity contribution in [3.8, 4) is 11.5 Å². The summed E-state index contributed by atoms with van der Waals surface area (Å²) in [6.07, 6.45) is -4.71. The van der Waals surface area contributed by atoms with Crippen LogP contribution in [0.2, 0.25) is 0 Å². The zero-order valence-corrected chi connectivity index (χ0v) is 13.1. The average molecular weight is 356 g/mol. The molecule has 0 aliphatic heterocycles. The molecule has 0 radical (unpaired) electrons. The Morgan fingerprint density at radius 1 is 1.25 bits per heavy atom. The van der Waals surface area contributed by atoms with Gasteiger partial charge in [-0.3, -0.25) is 0 Å². The van der Waals surface area contributed by atoms with E-state index >= 15 is 0 Å². The van der Waals surface area contributed by atoms with E-state index in [0.29, 0.717) is 12.4 Å². The Morgan fingerprint density at radius 3 is 2.40 bits per heavy atom. The van der Waals surface area contributed by atoms with Crippen molar-refractivity contribution in [2.75, 3.05) is 20.2 Å². The predicted molar refractivity (Wildman–Crippen MR) is 74.0 cm³/mol. The first kappa shape index (κ1) is 17.1. The van der Waals surface area contributed by atoms with Crippen molar-refractivity contribution in [2.45, 2.75) is 20.2 Å². The molecule has 1 aromatic rings. The third-order valence-corrected chi connectivity index (χ3v) is 3.03. The zero-order chi connectivity index (χ0) is 15.4. The zero-order valence-electron chi connectivity index (χ0n) is 11.5. The minimum Gasteiger partial charge on any atom is -0.493 e. The van der Waals surface area contributed by atoms with Crippen molar-refractivity contribution in [3.05, 3.63) is 22.7 Å². The van der Waals surface area contributed by atoms with Gasteiger partial charge in [-0.25, -0.2) is 0 Å². The van der Waals surface area contributed by atoms with Gasteiger partial charge >= 0.3 is 6.36 Å². The highest BCUT2D eigenvalue weighted by molar-refractivity contribution is 9.10. The Bertz CT molecular complexity index is 450. The summed E-state index contributed by atoms with van der Waals surface area (Å²) in [5.74, 6) is 0.190. The van der Waals surface area contributed by atoms with Crippen LogP contribution in [-0.2, 0) is 0 Å². The van der Waals surface area contributed by atoms with Crippen LogP contribution in [0, 0.1) is 5.41 Å². The summed E-state index contributed by atoms with van der Waals surface area (Å²) in [7, 11) is 1.85. The maximum absolute atomic E-state index is 12.1. The maximum atomic E-state index is 12.1. The van der Waals surface area contributed by atoms with E-state index in [2.05, 4.69) is 26.0 Å². The van der Waals surface area contributed by atoms with Crippen molar-refractivity contribution in [2.24, 2.45) is 5.41 Å². The molecule has 0 saturated heterocycles. The van der Waals surface area contributed by atoms with Crippen LogP contribution in [-0.4, -0.2) is 26.6 Å². The van der Waals surface area contributed by atoms with Gasteiger partial charge in [-0.1, -0.05) is 13.8 Å². The minimum absolute atomic E-state index is 0.0810. The van der Waals surface area contributed by atoms with E-state index in [0.717, 1.165) is 6.54 Å². The largest absolute Gasteiger partial charge is 0.573 e. The van der Waals surface area contributed by atoms with Crippen LogP contribution in [0.1, 0.15) is 13.8 Å². The van der Waals surface area contributed by atoms with Gasteiger partial charge < -0.3 is 14.8 Å². The molecular formula is C13H17BrF3NO2. The highest BCUT2D eigenvalue weighted by atomic mass is 79.9. The topological polar surface area (TPSA) is 30.5 Å². The molecule has 0 unspecified atom stereocenters. The van der Waals surface area contributed by atoms with Gasteiger partial charge in [-0.05, 0) is 41.2 Å². The van der Waals surface area contributed by atoms with Gasteiger partial charge in [0.1, 0.15) is 11.5 Å². The van der Waals surface area contributed by atoms with Gasteiger partial charge in [-0.15, -0.1) is 13.2 Å². The number of hydrogen-bond donors (Lipinski definition) is 1. The maximum Gasteiger partial charge on any atom is 0.573 e. The van der Waals surface area contributed by atoms with Crippen molar-refractivity contribution < 1.29 is 22.6 Å². The number of halogens is 4. The van der Waals surface area contributed by atoms with E-state index in [1.54, 1.807) is 0 Å². The fourth-order valence-corrected chi connectivity index (χ4v) is 2.03. The SMILES string of the molecule is CNCC(C)(C)COc1ccc(OC(F)(F)F)c(Br)c1. The van der Waals surface area contributed by atoms with Crippen molar-refractivity contribution in [1.82, 2.24) is 5.32 Å². The smallest absolute Gasteiger partial charge is 0.493 e. The fraction of sp³-hybridized carbons (Fsp3) is 0.538. The number of hydrogen-bond acceptors (Lipinski definition) is 3. The van der Waals surface area contributed by atoms with Crippen molar-refractivity contribution >= 4 is 15.9 Å². The molecule has 0 aromatic heterocycles. The lowest BCUT2D eigenvalue weighted by Gasteiger charge is -2.24. The molecule has 0 atom stereocenters. The lowest BCUT2D eigenvalue weighted by atomic mass is 9.95. The average Bonchev–Trinajstić information content (AvgIpc) is 2.28. The van der Waals surface area contributed by atoms with Crippen LogP contribution in [0.25, 0.3) is 0 Å². The molecule has 1 N–H and O–H groups in total. The fourth-order valence-electron chi connectivity index (χ4n) is 1.59. The Hall–Kier alpha value is -0.950. The normalized spacial score (nSPS) is 12.3. The first-order valence-corrected chi connectivity index (χ1v) is 6.75. The lowest BCUT2D eigenvalue weighted by Crippen LogP contribution is -2.32. The molecule has 0 heterocycles. The summed E-state index contributed by atoms with van der Waals surface area (Å²) < 4.78 is 46.0. The van der Waals surface area contributed by atoms with Gasteiger partial charge in [0.25, 0.3) is 0 Å². The first-order valence-electron chi connectivity index (χ1n) is 5.96. The van der Waals surface area contributed by atoms with Crippen LogP contribution >= 0.6 is 15.9 Å². The highest BCUT2D eigenvalue weighted by Gasteiger charge is 2.32. The molecule has 0 saturated carbocycles. The third kappa shape index (κ3) is 6.00. The molecular weight excluding hydrogens is 339 g/mol. The van der Waals surface area contributed by atoms with Gasteiger partial charge in [0.05, 0.1) is 11.1 Å². The Labute approximate surface area is 124 Å². The minimum atomic E-state index is -4.71. The van der Waals surface area contributed by atoms with Gasteiger partial charge in [0.15, 0.2) is 0 Å². The molecule has 1 rings (SSSR count). The molecule has 114 valence electrons. The van der Waals surface area contributed by atoms with Crippen LogP contribution in [0.15, 0.2) is 22.7 Å².